The van der Waals surface area contributed by atoms with E-state index < -0.39 is 11.7 Å². The summed E-state index contributed by atoms with van der Waals surface area (Å²) in [7, 11) is 0. The Hall–Kier alpha value is -4.02. The lowest BCUT2D eigenvalue weighted by Crippen LogP contribution is -2.28. The molecule has 0 spiro atoms. The van der Waals surface area contributed by atoms with Crippen molar-refractivity contribution in [2.75, 3.05) is 5.32 Å². The van der Waals surface area contributed by atoms with Crippen LogP contribution in [0.1, 0.15) is 23.1 Å². The van der Waals surface area contributed by atoms with E-state index >= 15 is 0 Å². The highest BCUT2D eigenvalue weighted by Crippen LogP contribution is 2.30. The second-order valence-corrected chi connectivity index (χ2v) is 6.88. The molecule has 2 heterocycles. The molecule has 2 unspecified atom stereocenters. The van der Waals surface area contributed by atoms with Crippen LogP contribution >= 0.6 is 0 Å². The summed E-state index contributed by atoms with van der Waals surface area (Å²) in [5.74, 6) is 0.170. The van der Waals surface area contributed by atoms with Crippen molar-refractivity contribution in [1.82, 2.24) is 4.98 Å². The molecular formula is C23H19N5O2. The van der Waals surface area contributed by atoms with E-state index in [9.17, 15) is 10.4 Å². The number of rotatable bonds is 5. The predicted molar refractivity (Wildman–Crippen MR) is 113 cm³/mol. The van der Waals surface area contributed by atoms with Gasteiger partial charge in [0, 0.05) is 41.2 Å². The van der Waals surface area contributed by atoms with E-state index in [1.807, 2.05) is 24.3 Å². The molecule has 0 radical (unpaired) electrons. The highest BCUT2D eigenvalue weighted by molar-refractivity contribution is 6.06. The summed E-state index contributed by atoms with van der Waals surface area (Å²) in [5, 5.41) is 35.8. The molecule has 30 heavy (non-hydrogen) atoms. The van der Waals surface area contributed by atoms with Crippen LogP contribution in [0.25, 0.3) is 0 Å². The van der Waals surface area contributed by atoms with E-state index in [4.69, 9.17) is 10.2 Å². The van der Waals surface area contributed by atoms with Gasteiger partial charge in [-0.2, -0.15) is 5.26 Å². The van der Waals surface area contributed by atoms with Gasteiger partial charge in [-0.3, -0.25) is 10.4 Å². The van der Waals surface area contributed by atoms with Crippen molar-refractivity contribution < 1.29 is 9.94 Å². The Morgan fingerprint density at radius 1 is 1.10 bits per heavy atom. The van der Waals surface area contributed by atoms with Crippen LogP contribution in [0.15, 0.2) is 84.3 Å². The quantitative estimate of drug-likeness (QED) is 0.347. The number of hydrogen-bond acceptors (Lipinski definition) is 6. The summed E-state index contributed by atoms with van der Waals surface area (Å²) >= 11 is 0. The van der Waals surface area contributed by atoms with Crippen molar-refractivity contribution in [3.8, 4) is 6.07 Å². The third kappa shape index (κ3) is 3.77. The molecule has 7 nitrogen and oxygen atoms in total. The maximum atomic E-state index is 10.9. The van der Waals surface area contributed by atoms with Crippen LogP contribution in [0.4, 0.5) is 5.69 Å². The molecular weight excluding hydrogens is 378 g/mol. The topological polar surface area (TPSA) is 114 Å². The number of amidine groups is 1. The van der Waals surface area contributed by atoms with Gasteiger partial charge in [-0.05, 0) is 24.3 Å². The molecule has 2 aromatic carbocycles. The lowest BCUT2D eigenvalue weighted by molar-refractivity contribution is 0.132. The SMILES string of the molecule is N#CC(O)(c1ccccc1)c1ccc(NC(=N)C2CC(c3cccnc3)=NO2)cc1. The zero-order chi connectivity index (χ0) is 21.0. The van der Waals surface area contributed by atoms with E-state index in [-0.39, 0.29) is 5.84 Å². The molecule has 0 saturated carbocycles. The fraction of sp³-hybridized carbons (Fsp3) is 0.130. The van der Waals surface area contributed by atoms with Crippen molar-refractivity contribution in [1.29, 1.82) is 10.7 Å². The van der Waals surface area contributed by atoms with E-state index in [1.54, 1.807) is 60.9 Å². The van der Waals surface area contributed by atoms with Crippen LogP contribution in [0.5, 0.6) is 0 Å². The Labute approximate surface area is 173 Å². The van der Waals surface area contributed by atoms with Crippen LogP contribution < -0.4 is 5.32 Å². The number of pyridine rings is 1. The lowest BCUT2D eigenvalue weighted by Gasteiger charge is -2.21. The minimum atomic E-state index is -1.74. The van der Waals surface area contributed by atoms with Crippen LogP contribution in [0.2, 0.25) is 0 Å². The Kier molecular flexibility index (Phi) is 5.24. The molecule has 0 fully saturated rings. The Bertz CT molecular complexity index is 1110. The molecule has 0 amide bonds. The van der Waals surface area contributed by atoms with Gasteiger partial charge in [0.1, 0.15) is 11.9 Å². The average Bonchev–Trinajstić information content (AvgIpc) is 3.31. The van der Waals surface area contributed by atoms with Gasteiger partial charge >= 0.3 is 0 Å². The van der Waals surface area contributed by atoms with Gasteiger partial charge in [-0.25, -0.2) is 0 Å². The first-order chi connectivity index (χ1) is 14.6. The van der Waals surface area contributed by atoms with Crippen molar-refractivity contribution in [2.45, 2.75) is 18.1 Å². The zero-order valence-electron chi connectivity index (χ0n) is 16.0. The number of hydrogen-bond donors (Lipinski definition) is 3. The minimum absolute atomic E-state index is 0.170. The number of nitrogens with zero attached hydrogens (tertiary/aromatic N) is 3. The largest absolute Gasteiger partial charge is 0.384 e. The van der Waals surface area contributed by atoms with Crippen LogP contribution in [-0.4, -0.2) is 27.7 Å². The van der Waals surface area contributed by atoms with E-state index in [2.05, 4.69) is 15.5 Å². The minimum Gasteiger partial charge on any atom is -0.384 e. The number of oxime groups is 1. The van der Waals surface area contributed by atoms with Crippen LogP contribution in [0, 0.1) is 16.7 Å². The van der Waals surface area contributed by atoms with Gasteiger partial charge in [-0.1, -0.05) is 47.6 Å². The number of nitrogens with one attached hydrogen (secondary N) is 2. The number of nitriles is 1. The molecule has 3 N–H and O–H groups in total. The van der Waals surface area contributed by atoms with Gasteiger partial charge < -0.3 is 15.3 Å². The molecule has 0 saturated heterocycles. The average molecular weight is 397 g/mol. The predicted octanol–water partition coefficient (Wildman–Crippen LogP) is 3.42. The first kappa shape index (κ1) is 19.3. The second kappa shape index (κ2) is 8.15. The third-order valence-corrected chi connectivity index (χ3v) is 4.92. The standard InChI is InChI=1S/C23H19N5O2/c24-15-23(29,17-6-2-1-3-7-17)18-8-10-19(11-9-18)27-22(25)21-13-20(28-30-21)16-5-4-12-26-14-16/h1-12,14,21,29H,13H2,(H2,25,27). The molecule has 0 bridgehead atoms. The number of anilines is 1. The van der Waals surface area contributed by atoms with Crippen molar-refractivity contribution in [3.63, 3.8) is 0 Å². The summed E-state index contributed by atoms with van der Waals surface area (Å²) in [6.07, 6.45) is 3.36. The zero-order valence-corrected chi connectivity index (χ0v) is 16.0. The monoisotopic (exact) mass is 397 g/mol. The van der Waals surface area contributed by atoms with Gasteiger partial charge in [0.15, 0.2) is 6.10 Å². The van der Waals surface area contributed by atoms with Gasteiger partial charge in [0.2, 0.25) is 5.60 Å². The first-order valence-electron chi connectivity index (χ1n) is 9.38. The maximum absolute atomic E-state index is 10.9. The summed E-state index contributed by atoms with van der Waals surface area (Å²) in [6.45, 7) is 0. The van der Waals surface area contributed by atoms with Gasteiger partial charge in [-0.15, -0.1) is 0 Å². The Balaban J connectivity index is 1.43. The van der Waals surface area contributed by atoms with Crippen molar-refractivity contribution >= 4 is 17.2 Å². The summed E-state index contributed by atoms with van der Waals surface area (Å²) in [6, 6.07) is 21.3. The van der Waals surface area contributed by atoms with E-state index in [1.165, 1.54) is 0 Å². The highest BCUT2D eigenvalue weighted by Gasteiger charge is 2.31. The fourth-order valence-corrected chi connectivity index (χ4v) is 3.24. The van der Waals surface area contributed by atoms with Gasteiger partial charge in [0.05, 0.1) is 5.71 Å². The second-order valence-electron chi connectivity index (χ2n) is 6.88. The van der Waals surface area contributed by atoms with E-state index in [0.29, 0.717) is 23.2 Å². The summed E-state index contributed by atoms with van der Waals surface area (Å²) < 4.78 is 0. The van der Waals surface area contributed by atoms with Gasteiger partial charge in [0.25, 0.3) is 0 Å². The Morgan fingerprint density at radius 3 is 2.50 bits per heavy atom. The van der Waals surface area contributed by atoms with Crippen LogP contribution in [0.3, 0.4) is 0 Å². The molecule has 1 aromatic heterocycles. The third-order valence-electron chi connectivity index (χ3n) is 4.92. The summed E-state index contributed by atoms with van der Waals surface area (Å²) in [5.41, 5.74) is 1.48. The number of benzene rings is 2. The number of aliphatic hydroxyl groups is 1. The molecule has 3 aromatic rings. The van der Waals surface area contributed by atoms with Crippen molar-refractivity contribution in [2.24, 2.45) is 5.16 Å². The summed E-state index contributed by atoms with van der Waals surface area (Å²) in [4.78, 5) is 9.47. The highest BCUT2D eigenvalue weighted by atomic mass is 16.6. The maximum Gasteiger partial charge on any atom is 0.202 e. The van der Waals surface area contributed by atoms with Crippen molar-refractivity contribution in [3.05, 3.63) is 95.8 Å². The van der Waals surface area contributed by atoms with E-state index in [0.717, 1.165) is 11.3 Å². The fourth-order valence-electron chi connectivity index (χ4n) is 3.24. The number of aromatic nitrogens is 1. The molecule has 148 valence electrons. The molecule has 0 aliphatic carbocycles. The smallest absolute Gasteiger partial charge is 0.202 e. The molecule has 1 aliphatic rings. The van der Waals surface area contributed by atoms with Crippen LogP contribution in [-0.2, 0) is 10.4 Å². The lowest BCUT2D eigenvalue weighted by atomic mass is 9.87. The molecule has 2 atom stereocenters. The molecule has 1 aliphatic heterocycles. The normalized spacial score (nSPS) is 17.2. The molecule has 4 rings (SSSR count). The molecule has 7 heteroatoms. The Morgan fingerprint density at radius 2 is 1.83 bits per heavy atom. The first-order valence-corrected chi connectivity index (χ1v) is 9.38.